The first-order valence-electron chi connectivity index (χ1n) is 6.68. The zero-order valence-electron chi connectivity index (χ0n) is 13.5. The van der Waals surface area contributed by atoms with E-state index < -0.39 is 17.2 Å². The quantitative estimate of drug-likeness (QED) is 0.613. The topological polar surface area (TPSA) is 59.5 Å². The molecule has 1 unspecified atom stereocenters. The third kappa shape index (κ3) is 3.90. The molecule has 0 bridgehead atoms. The summed E-state index contributed by atoms with van der Waals surface area (Å²) in [6.45, 7) is 8.57. The number of ether oxygens (including phenoxy) is 1. The lowest BCUT2D eigenvalue weighted by atomic mass is 9.90. The summed E-state index contributed by atoms with van der Waals surface area (Å²) in [5.41, 5.74) is -0.912. The second kappa shape index (κ2) is 6.42. The molecule has 5 nitrogen and oxygen atoms in total. The molecule has 0 radical (unpaired) electrons. The number of pyridine rings is 1. The molecule has 1 atom stereocenters. The molecule has 0 saturated heterocycles. The van der Waals surface area contributed by atoms with Gasteiger partial charge in [0.15, 0.2) is 0 Å². The smallest absolute Gasteiger partial charge is 0.411 e. The highest BCUT2D eigenvalue weighted by molar-refractivity contribution is 6.33. The van der Waals surface area contributed by atoms with Crippen molar-refractivity contribution in [3.05, 3.63) is 27.5 Å². The van der Waals surface area contributed by atoms with Gasteiger partial charge >= 0.3 is 6.09 Å². The Morgan fingerprint density at radius 2 is 1.86 bits per heavy atom. The Balaban J connectivity index is 3.33. The van der Waals surface area contributed by atoms with Gasteiger partial charge in [-0.2, -0.15) is 0 Å². The zero-order valence-corrected chi connectivity index (χ0v) is 15.0. The maximum absolute atomic E-state index is 12.3. The molecule has 22 heavy (non-hydrogen) atoms. The van der Waals surface area contributed by atoms with Crippen molar-refractivity contribution in [2.24, 2.45) is 0 Å². The molecule has 1 rings (SSSR count). The van der Waals surface area contributed by atoms with Gasteiger partial charge in [-0.15, -0.1) is 0 Å². The van der Waals surface area contributed by atoms with Crippen LogP contribution in [0.5, 0.6) is 0 Å². The third-order valence-electron chi connectivity index (χ3n) is 3.24. The second-order valence-electron chi connectivity index (χ2n) is 6.23. The molecule has 122 valence electrons. The minimum atomic E-state index is -1.32. The largest absolute Gasteiger partial charge is 0.444 e. The second-order valence-corrected chi connectivity index (χ2v) is 6.98. The Morgan fingerprint density at radius 1 is 1.32 bits per heavy atom. The molecule has 0 aliphatic heterocycles. The number of carbonyl (C=O) groups excluding carboxylic acids is 2. The molecule has 0 fully saturated rings. The fourth-order valence-electron chi connectivity index (χ4n) is 2.03. The number of rotatable bonds is 3. The maximum Gasteiger partial charge on any atom is 0.411 e. The minimum Gasteiger partial charge on any atom is -0.444 e. The molecule has 0 saturated carbocycles. The molecule has 1 amide bonds. The van der Waals surface area contributed by atoms with Crippen molar-refractivity contribution < 1.29 is 14.3 Å². The number of aromatic nitrogens is 1. The molecule has 0 aromatic carbocycles. The summed E-state index contributed by atoms with van der Waals surface area (Å²) in [5, 5.41) is 0.300. The van der Waals surface area contributed by atoms with Crippen LogP contribution in [0.2, 0.25) is 10.3 Å². The first-order valence-corrected chi connectivity index (χ1v) is 7.44. The molecular formula is C15H20Cl2N2O3. The Morgan fingerprint density at radius 3 is 2.27 bits per heavy atom. The summed E-state index contributed by atoms with van der Waals surface area (Å²) >= 11 is 12.0. The van der Waals surface area contributed by atoms with E-state index in [4.69, 9.17) is 27.9 Å². The van der Waals surface area contributed by atoms with Crippen LogP contribution >= 0.6 is 23.2 Å². The van der Waals surface area contributed by atoms with Gasteiger partial charge in [-0.3, -0.25) is 4.90 Å². The predicted octanol–water partition coefficient (Wildman–Crippen LogP) is 3.98. The molecule has 0 spiro atoms. The summed E-state index contributed by atoms with van der Waals surface area (Å²) in [7, 11) is 1.48. The SMILES string of the molecule is Cc1cc(Cl)nc(Cl)c1C(C)(C=O)N(C)C(=O)OC(C)(C)C. The van der Waals surface area contributed by atoms with E-state index in [1.165, 1.54) is 11.9 Å². The molecular weight excluding hydrogens is 327 g/mol. The first-order chi connectivity index (χ1) is 9.92. The predicted molar refractivity (Wildman–Crippen MR) is 86.4 cm³/mol. The van der Waals surface area contributed by atoms with Crippen molar-refractivity contribution >= 4 is 35.6 Å². The number of hydrogen-bond donors (Lipinski definition) is 0. The van der Waals surface area contributed by atoms with Gasteiger partial charge in [0.1, 0.15) is 27.7 Å². The van der Waals surface area contributed by atoms with Crippen LogP contribution in [0, 0.1) is 6.92 Å². The van der Waals surface area contributed by atoms with E-state index in [0.29, 0.717) is 17.4 Å². The van der Waals surface area contributed by atoms with Crippen molar-refractivity contribution in [3.63, 3.8) is 0 Å². The first kappa shape index (κ1) is 18.7. The molecule has 0 N–H and O–H groups in total. The fourth-order valence-corrected chi connectivity index (χ4v) is 2.75. The summed E-state index contributed by atoms with van der Waals surface area (Å²) in [4.78, 5) is 29.2. The van der Waals surface area contributed by atoms with E-state index >= 15 is 0 Å². The summed E-state index contributed by atoms with van der Waals surface area (Å²) < 4.78 is 5.31. The van der Waals surface area contributed by atoms with Gasteiger partial charge in [0.2, 0.25) is 0 Å². The van der Waals surface area contributed by atoms with E-state index in [2.05, 4.69) is 4.98 Å². The molecule has 1 heterocycles. The summed E-state index contributed by atoms with van der Waals surface area (Å²) in [6, 6.07) is 1.59. The normalized spacial score (nSPS) is 14.2. The number of hydrogen-bond acceptors (Lipinski definition) is 4. The van der Waals surface area contributed by atoms with Crippen molar-refractivity contribution in [2.75, 3.05) is 7.05 Å². The Hall–Kier alpha value is -1.33. The maximum atomic E-state index is 12.3. The van der Waals surface area contributed by atoms with E-state index in [0.717, 1.165) is 0 Å². The monoisotopic (exact) mass is 346 g/mol. The standard InChI is InChI=1S/C15H20Cl2N2O3/c1-9-7-10(16)18-12(17)11(9)15(5,8-20)19(6)13(21)22-14(2,3)4/h7-8H,1-6H3. The molecule has 0 aliphatic carbocycles. The van der Waals surface area contributed by atoms with Gasteiger partial charge in [0.05, 0.1) is 0 Å². The van der Waals surface area contributed by atoms with Crippen LogP contribution in [0.1, 0.15) is 38.8 Å². The van der Waals surface area contributed by atoms with Gasteiger partial charge in [0.25, 0.3) is 0 Å². The number of amides is 1. The lowest BCUT2D eigenvalue weighted by molar-refractivity contribution is -0.117. The van der Waals surface area contributed by atoms with E-state index in [9.17, 15) is 9.59 Å². The third-order valence-corrected chi connectivity index (χ3v) is 3.71. The van der Waals surface area contributed by atoms with Crippen LogP contribution in [0.4, 0.5) is 4.79 Å². The van der Waals surface area contributed by atoms with Crippen molar-refractivity contribution in [1.29, 1.82) is 0 Å². The average molecular weight is 347 g/mol. The van der Waals surface area contributed by atoms with Crippen LogP contribution in [0.3, 0.4) is 0 Å². The Labute approximate surface area is 140 Å². The van der Waals surface area contributed by atoms with Gasteiger partial charge in [0, 0.05) is 12.6 Å². The Kier molecular flexibility index (Phi) is 5.47. The number of likely N-dealkylation sites (N-methyl/N-ethyl adjacent to an activating group) is 1. The highest BCUT2D eigenvalue weighted by atomic mass is 35.5. The van der Waals surface area contributed by atoms with Crippen LogP contribution in [-0.2, 0) is 15.1 Å². The highest BCUT2D eigenvalue weighted by Gasteiger charge is 2.40. The van der Waals surface area contributed by atoms with Gasteiger partial charge < -0.3 is 9.53 Å². The Bertz CT molecular complexity index is 576. The van der Waals surface area contributed by atoms with E-state index in [1.807, 2.05) is 0 Å². The minimum absolute atomic E-state index is 0.0787. The van der Waals surface area contributed by atoms with Gasteiger partial charge in [-0.25, -0.2) is 9.78 Å². The lowest BCUT2D eigenvalue weighted by Crippen LogP contribution is -2.48. The molecule has 7 heteroatoms. The number of halogens is 2. The van der Waals surface area contributed by atoms with Crippen LogP contribution < -0.4 is 0 Å². The van der Waals surface area contributed by atoms with Crippen LogP contribution in [-0.4, -0.2) is 34.9 Å². The summed E-state index contributed by atoms with van der Waals surface area (Å²) in [6.07, 6.45) is 0.00767. The summed E-state index contributed by atoms with van der Waals surface area (Å²) in [5.74, 6) is 0. The molecule has 1 aromatic heterocycles. The average Bonchev–Trinajstić information content (AvgIpc) is 2.34. The van der Waals surface area contributed by atoms with Crippen molar-refractivity contribution in [3.8, 4) is 0 Å². The van der Waals surface area contributed by atoms with E-state index in [1.54, 1.807) is 40.7 Å². The zero-order chi connectivity index (χ0) is 17.3. The highest BCUT2D eigenvalue weighted by Crippen LogP contribution is 2.34. The lowest BCUT2D eigenvalue weighted by Gasteiger charge is -2.36. The van der Waals surface area contributed by atoms with Crippen LogP contribution in [0.15, 0.2) is 6.07 Å². The number of aldehydes is 1. The van der Waals surface area contributed by atoms with Gasteiger partial charge in [-0.1, -0.05) is 23.2 Å². The number of aryl methyl sites for hydroxylation is 1. The van der Waals surface area contributed by atoms with Crippen molar-refractivity contribution in [2.45, 2.75) is 45.8 Å². The molecule has 1 aromatic rings. The fraction of sp³-hybridized carbons (Fsp3) is 0.533. The van der Waals surface area contributed by atoms with E-state index in [-0.39, 0.29) is 10.3 Å². The van der Waals surface area contributed by atoms with Crippen molar-refractivity contribution in [1.82, 2.24) is 9.88 Å². The number of carbonyl (C=O) groups is 2. The van der Waals surface area contributed by atoms with Crippen LogP contribution in [0.25, 0.3) is 0 Å². The molecule has 0 aliphatic rings. The van der Waals surface area contributed by atoms with Gasteiger partial charge in [-0.05, 0) is 46.2 Å². The number of nitrogens with zero attached hydrogens (tertiary/aromatic N) is 2.